The molecule has 0 atom stereocenters. The molecular weight excluding hydrogens is 361 g/mol. The van der Waals surface area contributed by atoms with E-state index < -0.39 is 35.0 Å². The van der Waals surface area contributed by atoms with Gasteiger partial charge in [-0.05, 0) is 51.3 Å². The summed E-state index contributed by atoms with van der Waals surface area (Å²) in [4.78, 5) is 30.2. The van der Waals surface area contributed by atoms with Crippen molar-refractivity contribution in [3.8, 4) is 0 Å². The molecule has 0 unspecified atom stereocenters. The summed E-state index contributed by atoms with van der Waals surface area (Å²) in [5, 5.41) is 4.79. The molecule has 0 radical (unpaired) electrons. The highest BCUT2D eigenvalue weighted by atomic mass is 19.2. The van der Waals surface area contributed by atoms with Crippen LogP contribution in [0.5, 0.6) is 0 Å². The Labute approximate surface area is 154 Å². The summed E-state index contributed by atoms with van der Waals surface area (Å²) in [6.45, 7) is 1.24. The van der Waals surface area contributed by atoms with Crippen LogP contribution in [-0.2, 0) is 0 Å². The van der Waals surface area contributed by atoms with Gasteiger partial charge in [0.1, 0.15) is 11.4 Å². The molecule has 0 saturated heterocycles. The Morgan fingerprint density at radius 2 is 1.67 bits per heavy atom. The maximum Gasteiger partial charge on any atom is 0.274 e. The largest absolute Gasteiger partial charge is 0.351 e. The lowest BCUT2D eigenvalue weighted by Crippen LogP contribution is -2.28. The minimum atomic E-state index is -1.69. The molecule has 0 bridgehead atoms. The van der Waals surface area contributed by atoms with Crippen molar-refractivity contribution >= 4 is 17.5 Å². The SMILES string of the molecule is CN(C)CCCNC(=O)c1cccc(C(=O)Nc2ccc(F)c(F)c2F)n1. The van der Waals surface area contributed by atoms with Crippen LogP contribution in [0.25, 0.3) is 0 Å². The van der Waals surface area contributed by atoms with E-state index in [1.807, 2.05) is 19.0 Å². The van der Waals surface area contributed by atoms with Crippen molar-refractivity contribution in [3.63, 3.8) is 0 Å². The summed E-state index contributed by atoms with van der Waals surface area (Å²) in [6, 6.07) is 5.77. The van der Waals surface area contributed by atoms with Crippen molar-refractivity contribution in [1.82, 2.24) is 15.2 Å². The Hall–Kier alpha value is -2.94. The number of halogens is 3. The summed E-state index contributed by atoms with van der Waals surface area (Å²) in [5.74, 6) is -5.88. The molecule has 0 saturated carbocycles. The molecular formula is C18H19F3N4O2. The normalized spacial score (nSPS) is 10.7. The lowest BCUT2D eigenvalue weighted by atomic mass is 10.2. The van der Waals surface area contributed by atoms with E-state index in [4.69, 9.17) is 0 Å². The van der Waals surface area contributed by atoms with Gasteiger partial charge in [-0.2, -0.15) is 0 Å². The Morgan fingerprint density at radius 1 is 1.00 bits per heavy atom. The second-order valence-electron chi connectivity index (χ2n) is 6.00. The number of rotatable bonds is 7. The number of benzene rings is 1. The highest BCUT2D eigenvalue weighted by Gasteiger charge is 2.17. The molecule has 1 heterocycles. The smallest absolute Gasteiger partial charge is 0.274 e. The summed E-state index contributed by atoms with van der Waals surface area (Å²) >= 11 is 0. The van der Waals surface area contributed by atoms with E-state index in [0.717, 1.165) is 19.0 Å². The first-order valence-electron chi connectivity index (χ1n) is 8.14. The van der Waals surface area contributed by atoms with Gasteiger partial charge in [-0.25, -0.2) is 18.2 Å². The van der Waals surface area contributed by atoms with E-state index >= 15 is 0 Å². The van der Waals surface area contributed by atoms with Crippen molar-refractivity contribution in [2.45, 2.75) is 6.42 Å². The van der Waals surface area contributed by atoms with Gasteiger partial charge in [0.05, 0.1) is 5.69 Å². The molecule has 2 N–H and O–H groups in total. The first-order valence-corrected chi connectivity index (χ1v) is 8.14. The molecule has 1 aromatic carbocycles. The first-order chi connectivity index (χ1) is 12.8. The van der Waals surface area contributed by atoms with Gasteiger partial charge in [0, 0.05) is 6.54 Å². The molecule has 27 heavy (non-hydrogen) atoms. The number of anilines is 1. The molecule has 0 spiro atoms. The molecule has 9 heteroatoms. The van der Waals surface area contributed by atoms with Gasteiger partial charge in [-0.1, -0.05) is 6.07 Å². The van der Waals surface area contributed by atoms with Crippen LogP contribution in [0.15, 0.2) is 30.3 Å². The maximum absolute atomic E-state index is 13.7. The van der Waals surface area contributed by atoms with Crippen LogP contribution >= 0.6 is 0 Å². The third-order valence-corrected chi connectivity index (χ3v) is 3.57. The topological polar surface area (TPSA) is 74.3 Å². The van der Waals surface area contributed by atoms with Crippen LogP contribution < -0.4 is 10.6 Å². The van der Waals surface area contributed by atoms with E-state index in [1.165, 1.54) is 18.2 Å². The minimum absolute atomic E-state index is 0.0123. The van der Waals surface area contributed by atoms with Crippen molar-refractivity contribution in [3.05, 3.63) is 59.2 Å². The highest BCUT2D eigenvalue weighted by Crippen LogP contribution is 2.20. The average molecular weight is 380 g/mol. The highest BCUT2D eigenvalue weighted by molar-refractivity contribution is 6.03. The van der Waals surface area contributed by atoms with Gasteiger partial charge < -0.3 is 15.5 Å². The number of hydrogen-bond donors (Lipinski definition) is 2. The molecule has 2 aromatic rings. The van der Waals surface area contributed by atoms with Crippen molar-refractivity contribution in [2.24, 2.45) is 0 Å². The molecule has 6 nitrogen and oxygen atoms in total. The number of nitrogens with zero attached hydrogens (tertiary/aromatic N) is 2. The Kier molecular flexibility index (Phi) is 6.89. The standard InChI is InChI=1S/C18H19F3N4O2/c1-25(2)10-4-9-22-17(26)13-5-3-6-14(23-13)18(27)24-12-8-7-11(19)15(20)16(12)21/h3,5-8H,4,9-10H2,1-2H3,(H,22,26)(H,24,27). The van der Waals surface area contributed by atoms with Crippen LogP contribution in [0.2, 0.25) is 0 Å². The first kappa shape index (κ1) is 20.4. The maximum atomic E-state index is 13.7. The lowest BCUT2D eigenvalue weighted by Gasteiger charge is -2.10. The van der Waals surface area contributed by atoms with Crippen LogP contribution in [0.1, 0.15) is 27.4 Å². The fourth-order valence-corrected chi connectivity index (χ4v) is 2.18. The number of amides is 2. The molecule has 0 fully saturated rings. The van der Waals surface area contributed by atoms with Crippen molar-refractivity contribution < 1.29 is 22.8 Å². The third kappa shape index (κ3) is 5.52. The van der Waals surface area contributed by atoms with E-state index in [9.17, 15) is 22.8 Å². The summed E-state index contributed by atoms with van der Waals surface area (Å²) in [5.41, 5.74) is -0.683. The fourth-order valence-electron chi connectivity index (χ4n) is 2.18. The van der Waals surface area contributed by atoms with Crippen molar-refractivity contribution in [2.75, 3.05) is 32.5 Å². The van der Waals surface area contributed by atoms with Gasteiger partial charge >= 0.3 is 0 Å². The number of aromatic nitrogens is 1. The number of hydrogen-bond acceptors (Lipinski definition) is 4. The summed E-state index contributed by atoms with van der Waals surface area (Å²) in [6.07, 6.45) is 0.744. The number of carbonyl (C=O) groups excluding carboxylic acids is 2. The molecule has 2 rings (SSSR count). The van der Waals surface area contributed by atoms with Crippen LogP contribution in [0, 0.1) is 17.5 Å². The van der Waals surface area contributed by atoms with E-state index in [2.05, 4.69) is 15.6 Å². The second-order valence-corrected chi connectivity index (χ2v) is 6.00. The van der Waals surface area contributed by atoms with Gasteiger partial charge in [0.25, 0.3) is 11.8 Å². The zero-order valence-corrected chi connectivity index (χ0v) is 14.9. The number of carbonyl (C=O) groups is 2. The quantitative estimate of drug-likeness (QED) is 0.572. The van der Waals surface area contributed by atoms with Gasteiger partial charge in [-0.3, -0.25) is 9.59 Å². The predicted molar refractivity (Wildman–Crippen MR) is 94.0 cm³/mol. The average Bonchev–Trinajstić information content (AvgIpc) is 2.65. The lowest BCUT2D eigenvalue weighted by molar-refractivity contribution is 0.0947. The van der Waals surface area contributed by atoms with E-state index in [1.54, 1.807) is 0 Å². The van der Waals surface area contributed by atoms with Crippen LogP contribution in [-0.4, -0.2) is 48.9 Å². The molecule has 0 aliphatic heterocycles. The van der Waals surface area contributed by atoms with E-state index in [0.29, 0.717) is 12.6 Å². The number of nitrogens with one attached hydrogen (secondary N) is 2. The van der Waals surface area contributed by atoms with Gasteiger partial charge in [0.15, 0.2) is 17.5 Å². The monoisotopic (exact) mass is 380 g/mol. The Bertz CT molecular complexity index is 843. The van der Waals surface area contributed by atoms with Gasteiger partial charge in [0.2, 0.25) is 0 Å². The molecule has 2 amide bonds. The molecule has 144 valence electrons. The Morgan fingerprint density at radius 3 is 2.33 bits per heavy atom. The molecule has 0 aliphatic rings. The Balaban J connectivity index is 2.05. The zero-order valence-electron chi connectivity index (χ0n) is 14.9. The third-order valence-electron chi connectivity index (χ3n) is 3.57. The van der Waals surface area contributed by atoms with Gasteiger partial charge in [-0.15, -0.1) is 0 Å². The van der Waals surface area contributed by atoms with Crippen LogP contribution in [0.4, 0.5) is 18.9 Å². The molecule has 1 aromatic heterocycles. The fraction of sp³-hybridized carbons (Fsp3) is 0.278. The summed E-state index contributed by atoms with van der Waals surface area (Å²) < 4.78 is 39.8. The summed E-state index contributed by atoms with van der Waals surface area (Å²) in [7, 11) is 3.84. The second kappa shape index (κ2) is 9.13. The van der Waals surface area contributed by atoms with Crippen molar-refractivity contribution in [1.29, 1.82) is 0 Å². The predicted octanol–water partition coefficient (Wildman–Crippen LogP) is 2.43. The minimum Gasteiger partial charge on any atom is -0.351 e. The number of pyridine rings is 1. The van der Waals surface area contributed by atoms with Crippen LogP contribution in [0.3, 0.4) is 0 Å². The molecule has 0 aliphatic carbocycles. The van der Waals surface area contributed by atoms with E-state index in [-0.39, 0.29) is 11.4 Å². The zero-order chi connectivity index (χ0) is 20.0.